The van der Waals surface area contributed by atoms with Gasteiger partial charge in [0.15, 0.2) is 0 Å². The number of nitrogen functional groups attached to an aromatic ring is 1. The molecule has 24 heavy (non-hydrogen) atoms. The number of anilines is 2. The summed E-state index contributed by atoms with van der Waals surface area (Å²) < 4.78 is 5.23. The van der Waals surface area contributed by atoms with Crippen LogP contribution in [0.2, 0.25) is 6.82 Å². The number of nitrogens with two attached hydrogens (primary N) is 1. The molecule has 0 radical (unpaired) electrons. The molecule has 0 unspecified atom stereocenters. The van der Waals surface area contributed by atoms with E-state index in [1.54, 1.807) is 39.0 Å². The standard InChI is InChI=1S/C16H26BN3O4/c1-10-6-7-11(18)8-12(10)19-15(22)13(20-17(5)23)9-14(21)24-16(2,3)4/h6-8,13,20,23H,9,18H2,1-5H3,(H,19,22)/t13-/m1/s1. The highest BCUT2D eigenvalue weighted by molar-refractivity contribution is 6.46. The average molecular weight is 335 g/mol. The van der Waals surface area contributed by atoms with Gasteiger partial charge in [0, 0.05) is 11.4 Å². The summed E-state index contributed by atoms with van der Waals surface area (Å²) in [4.78, 5) is 24.5. The molecular formula is C16H26BN3O4. The number of aryl methyl sites for hydroxylation is 1. The molecule has 1 aromatic carbocycles. The van der Waals surface area contributed by atoms with Crippen molar-refractivity contribution in [3.63, 3.8) is 0 Å². The third-order valence-electron chi connectivity index (χ3n) is 3.07. The van der Waals surface area contributed by atoms with Gasteiger partial charge in [-0.3, -0.25) is 9.59 Å². The highest BCUT2D eigenvalue weighted by Crippen LogP contribution is 2.19. The Hall–Kier alpha value is -2.06. The van der Waals surface area contributed by atoms with Crippen LogP contribution in [0.5, 0.6) is 0 Å². The normalized spacial score (nSPS) is 12.4. The smallest absolute Gasteiger partial charge is 0.374 e. The number of esters is 1. The number of rotatable bonds is 6. The number of carbonyl (C=O) groups is 2. The molecule has 0 saturated heterocycles. The van der Waals surface area contributed by atoms with Gasteiger partial charge in [0.05, 0.1) is 12.5 Å². The Bertz CT molecular complexity index is 599. The number of benzene rings is 1. The van der Waals surface area contributed by atoms with Crippen LogP contribution in [0.3, 0.4) is 0 Å². The van der Waals surface area contributed by atoms with Crippen LogP contribution in [0.4, 0.5) is 11.4 Å². The Morgan fingerprint density at radius 1 is 1.38 bits per heavy atom. The first-order chi connectivity index (χ1) is 11.0. The van der Waals surface area contributed by atoms with Gasteiger partial charge in [-0.2, -0.15) is 0 Å². The summed E-state index contributed by atoms with van der Waals surface area (Å²) in [5.74, 6) is -0.976. The molecule has 1 atom stereocenters. The van der Waals surface area contributed by atoms with Crippen molar-refractivity contribution in [1.29, 1.82) is 0 Å². The molecular weight excluding hydrogens is 309 g/mol. The van der Waals surface area contributed by atoms with Crippen LogP contribution < -0.4 is 16.3 Å². The van der Waals surface area contributed by atoms with Crippen LogP contribution in [0.1, 0.15) is 32.8 Å². The van der Waals surface area contributed by atoms with Crippen molar-refractivity contribution in [2.24, 2.45) is 0 Å². The van der Waals surface area contributed by atoms with E-state index in [2.05, 4.69) is 10.5 Å². The second kappa shape index (κ2) is 8.16. The van der Waals surface area contributed by atoms with Gasteiger partial charge >= 0.3 is 13.0 Å². The zero-order valence-corrected chi connectivity index (χ0v) is 14.8. The molecule has 0 spiro atoms. The topological polar surface area (TPSA) is 114 Å². The number of hydrogen-bond donors (Lipinski definition) is 4. The first-order valence-corrected chi connectivity index (χ1v) is 7.81. The summed E-state index contributed by atoms with van der Waals surface area (Å²) >= 11 is 0. The molecule has 1 rings (SSSR count). The summed E-state index contributed by atoms with van der Waals surface area (Å²) in [7, 11) is -0.954. The van der Waals surface area contributed by atoms with Crippen LogP contribution >= 0.6 is 0 Å². The SMILES string of the molecule is CB(O)N[C@H](CC(=O)OC(C)(C)C)C(=O)Nc1cc(N)ccc1C. The maximum Gasteiger partial charge on any atom is 0.374 e. The van der Waals surface area contributed by atoms with Gasteiger partial charge < -0.3 is 26.0 Å². The molecule has 5 N–H and O–H groups in total. The van der Waals surface area contributed by atoms with E-state index in [0.29, 0.717) is 11.4 Å². The maximum absolute atomic E-state index is 12.5. The summed E-state index contributed by atoms with van der Waals surface area (Å²) in [6, 6.07) is 4.23. The Kier molecular flexibility index (Phi) is 6.80. The Morgan fingerprint density at radius 3 is 2.54 bits per heavy atom. The molecule has 7 nitrogen and oxygen atoms in total. The summed E-state index contributed by atoms with van der Waals surface area (Å²) in [6.45, 7) is 8.55. The molecule has 0 aromatic heterocycles. The zero-order chi connectivity index (χ0) is 18.5. The van der Waals surface area contributed by atoms with Crippen molar-refractivity contribution < 1.29 is 19.3 Å². The molecule has 1 amide bonds. The lowest BCUT2D eigenvalue weighted by Crippen LogP contribution is -2.48. The summed E-state index contributed by atoms with van der Waals surface area (Å²) in [5.41, 5.74) is 7.00. The molecule has 1 aromatic rings. The second-order valence-corrected chi connectivity index (χ2v) is 6.75. The number of hydrogen-bond acceptors (Lipinski definition) is 6. The van der Waals surface area contributed by atoms with Gasteiger partial charge in [-0.1, -0.05) is 6.07 Å². The van der Waals surface area contributed by atoms with E-state index < -0.39 is 30.6 Å². The van der Waals surface area contributed by atoms with Crippen molar-refractivity contribution in [2.45, 2.75) is 52.6 Å². The number of carbonyl (C=O) groups excluding carboxylic acids is 2. The maximum atomic E-state index is 12.5. The van der Waals surface area contributed by atoms with Crippen molar-refractivity contribution in [3.05, 3.63) is 23.8 Å². The minimum Gasteiger partial charge on any atom is -0.460 e. The molecule has 0 aliphatic heterocycles. The predicted octanol–water partition coefficient (Wildman–Crippen LogP) is 1.32. The summed E-state index contributed by atoms with van der Waals surface area (Å²) in [5, 5.41) is 14.9. The van der Waals surface area contributed by atoms with Crippen LogP contribution in [0.15, 0.2) is 18.2 Å². The van der Waals surface area contributed by atoms with E-state index in [1.165, 1.54) is 6.82 Å². The van der Waals surface area contributed by atoms with Crippen LogP contribution in [0.25, 0.3) is 0 Å². The fraction of sp³-hybridized carbons (Fsp3) is 0.500. The fourth-order valence-corrected chi connectivity index (χ4v) is 2.06. The van der Waals surface area contributed by atoms with Gasteiger partial charge in [-0.05, 0) is 52.2 Å². The van der Waals surface area contributed by atoms with Crippen LogP contribution in [-0.2, 0) is 14.3 Å². The molecule has 0 fully saturated rings. The van der Waals surface area contributed by atoms with E-state index in [9.17, 15) is 14.6 Å². The lowest BCUT2D eigenvalue weighted by Gasteiger charge is -2.23. The van der Waals surface area contributed by atoms with Gasteiger partial charge in [-0.25, -0.2) is 0 Å². The molecule has 0 aliphatic carbocycles. The third kappa shape index (κ3) is 7.01. The molecule has 0 aliphatic rings. The quantitative estimate of drug-likeness (QED) is 0.354. The Morgan fingerprint density at radius 2 is 2.00 bits per heavy atom. The van der Waals surface area contributed by atoms with Crippen molar-refractivity contribution in [1.82, 2.24) is 5.23 Å². The lowest BCUT2D eigenvalue weighted by molar-refractivity contribution is -0.156. The molecule has 8 heteroatoms. The van der Waals surface area contributed by atoms with E-state index in [0.717, 1.165) is 5.56 Å². The van der Waals surface area contributed by atoms with Crippen molar-refractivity contribution >= 4 is 30.3 Å². The molecule has 132 valence electrons. The minimum absolute atomic E-state index is 0.199. The first-order valence-electron chi connectivity index (χ1n) is 7.81. The fourth-order valence-electron chi connectivity index (χ4n) is 2.06. The summed E-state index contributed by atoms with van der Waals surface area (Å²) in [6.07, 6.45) is -0.199. The number of nitrogens with one attached hydrogen (secondary N) is 2. The van der Waals surface area contributed by atoms with Crippen molar-refractivity contribution in [2.75, 3.05) is 11.1 Å². The van der Waals surface area contributed by atoms with Gasteiger partial charge in [0.2, 0.25) is 5.91 Å². The first kappa shape index (κ1) is 20.0. The van der Waals surface area contributed by atoms with Gasteiger partial charge in [0.25, 0.3) is 0 Å². The highest BCUT2D eigenvalue weighted by Gasteiger charge is 2.27. The minimum atomic E-state index is -0.954. The van der Waals surface area contributed by atoms with Gasteiger partial charge in [0.1, 0.15) is 5.60 Å². The third-order valence-corrected chi connectivity index (χ3v) is 3.07. The van der Waals surface area contributed by atoms with E-state index in [1.807, 2.05) is 6.92 Å². The van der Waals surface area contributed by atoms with E-state index in [-0.39, 0.29) is 6.42 Å². The van der Waals surface area contributed by atoms with Gasteiger partial charge in [-0.15, -0.1) is 0 Å². The average Bonchev–Trinajstić information content (AvgIpc) is 2.39. The van der Waals surface area contributed by atoms with Crippen LogP contribution in [-0.4, -0.2) is 35.6 Å². The number of amides is 1. The highest BCUT2D eigenvalue weighted by atomic mass is 16.6. The zero-order valence-electron chi connectivity index (χ0n) is 14.8. The lowest BCUT2D eigenvalue weighted by atomic mass is 9.86. The number of ether oxygens (including phenoxy) is 1. The van der Waals surface area contributed by atoms with Crippen LogP contribution in [0, 0.1) is 6.92 Å². The predicted molar refractivity (Wildman–Crippen MR) is 95.4 cm³/mol. The monoisotopic (exact) mass is 335 g/mol. The molecule has 0 bridgehead atoms. The molecule has 0 saturated carbocycles. The second-order valence-electron chi connectivity index (χ2n) is 6.75. The largest absolute Gasteiger partial charge is 0.460 e. The Balaban J connectivity index is 2.85. The van der Waals surface area contributed by atoms with E-state index >= 15 is 0 Å². The van der Waals surface area contributed by atoms with E-state index in [4.69, 9.17) is 10.5 Å². The van der Waals surface area contributed by atoms with Crippen molar-refractivity contribution in [3.8, 4) is 0 Å². The Labute approximate surface area is 143 Å². The molecule has 0 heterocycles.